The fourth-order valence-electron chi connectivity index (χ4n) is 4.81. The number of hydrogen-bond acceptors (Lipinski definition) is 14. The Labute approximate surface area is 268 Å². The average molecular weight is 680 g/mol. The molecule has 0 saturated carbocycles. The molecule has 0 bridgehead atoms. The monoisotopic (exact) mass is 679 g/mol. The molecule has 3 aromatic rings. The van der Waals surface area contributed by atoms with E-state index in [9.17, 15) is 23.1 Å². The molecule has 2 aliphatic heterocycles. The van der Waals surface area contributed by atoms with Crippen LogP contribution in [0.5, 0.6) is 5.75 Å². The second kappa shape index (κ2) is 13.3. The van der Waals surface area contributed by atoms with Crippen LogP contribution in [0.3, 0.4) is 0 Å². The molecule has 7 N–H and O–H groups in total. The summed E-state index contributed by atoms with van der Waals surface area (Å²) in [6.45, 7) is 5.43. The first-order chi connectivity index (χ1) is 21.7. The molecule has 4 heterocycles. The van der Waals surface area contributed by atoms with Gasteiger partial charge in [0.15, 0.2) is 10.8 Å². The number of nitrogens with one attached hydrogen (secondary N) is 3. The van der Waals surface area contributed by atoms with Gasteiger partial charge in [-0.1, -0.05) is 5.16 Å². The number of nitrogens with zero attached hydrogens (tertiary/aromatic N) is 4. The number of carbonyl (C=O) groups is 2. The molecule has 0 spiro atoms. The zero-order valence-electron chi connectivity index (χ0n) is 25.2. The summed E-state index contributed by atoms with van der Waals surface area (Å²) in [4.78, 5) is 34.7. The first-order valence-electron chi connectivity index (χ1n) is 14.1. The van der Waals surface area contributed by atoms with Crippen LogP contribution in [0, 0.1) is 5.92 Å². The van der Waals surface area contributed by atoms with Crippen molar-refractivity contribution in [3.8, 4) is 5.75 Å². The summed E-state index contributed by atoms with van der Waals surface area (Å²) >= 11 is 1.03. The molecule has 2 atom stereocenters. The molecule has 0 radical (unpaired) electrons. The number of ether oxygens (including phenoxy) is 1. The zero-order chi connectivity index (χ0) is 33.2. The summed E-state index contributed by atoms with van der Waals surface area (Å²) < 4.78 is 43.5. The maximum Gasteiger partial charge on any atom is 0.413 e. The number of aryl methyl sites for hydroxylation is 1. The highest BCUT2D eigenvalue weighted by Gasteiger charge is 2.50. The zero-order valence-corrected chi connectivity index (χ0v) is 26.8. The van der Waals surface area contributed by atoms with Gasteiger partial charge in [-0.3, -0.25) is 14.7 Å². The van der Waals surface area contributed by atoms with Crippen LogP contribution in [-0.4, -0.2) is 96.2 Å². The minimum Gasteiger partial charge on any atom is -0.489 e. The van der Waals surface area contributed by atoms with Crippen molar-refractivity contribution >= 4 is 61.0 Å². The summed E-state index contributed by atoms with van der Waals surface area (Å²) in [6, 6.07) is 6.69. The molecule has 5 rings (SSSR count). The highest BCUT2D eigenvalue weighted by Crippen LogP contribution is 2.31. The van der Waals surface area contributed by atoms with E-state index in [0.717, 1.165) is 52.6 Å². The van der Waals surface area contributed by atoms with Gasteiger partial charge in [-0.05, 0) is 43.5 Å². The third-order valence-corrected chi connectivity index (χ3v) is 8.84. The van der Waals surface area contributed by atoms with Gasteiger partial charge in [0.1, 0.15) is 18.1 Å². The predicted octanol–water partition coefficient (Wildman–Crippen LogP) is -0.0994. The van der Waals surface area contributed by atoms with Crippen molar-refractivity contribution in [1.29, 1.82) is 0 Å². The molecule has 2 aromatic heterocycles. The van der Waals surface area contributed by atoms with Gasteiger partial charge in [-0.15, -0.1) is 11.3 Å². The van der Waals surface area contributed by atoms with Gasteiger partial charge >= 0.3 is 16.4 Å². The Morgan fingerprint density at radius 2 is 2.09 bits per heavy atom. The van der Waals surface area contributed by atoms with Crippen molar-refractivity contribution < 1.29 is 46.1 Å². The van der Waals surface area contributed by atoms with E-state index in [1.807, 2.05) is 29.9 Å². The number of carboxylic acid groups (broad SMARTS) is 1. The highest BCUT2D eigenvalue weighted by atomic mass is 32.3. The highest BCUT2D eigenvalue weighted by molar-refractivity contribution is 7.80. The lowest BCUT2D eigenvalue weighted by molar-refractivity contribution is -0.656. The minimum atomic E-state index is -4.76. The number of nitrogens with two attached hydrogens (primary N) is 1. The van der Waals surface area contributed by atoms with E-state index in [2.05, 4.69) is 30.4 Å². The Balaban J connectivity index is 1.27. The number of carbonyl (C=O) groups excluding carboxylic acids is 1. The van der Waals surface area contributed by atoms with Crippen molar-refractivity contribution in [2.45, 2.75) is 31.5 Å². The van der Waals surface area contributed by atoms with Gasteiger partial charge in [0.25, 0.3) is 17.8 Å². The first kappa shape index (κ1) is 33.2. The van der Waals surface area contributed by atoms with Crippen LogP contribution in [0.4, 0.5) is 10.9 Å². The second-order valence-electron chi connectivity index (χ2n) is 11.4. The number of amides is 1. The molecule has 17 nitrogen and oxygen atoms in total. The number of rotatable bonds is 14. The molecule has 0 unspecified atom stereocenters. The summed E-state index contributed by atoms with van der Waals surface area (Å²) in [5, 5.41) is 27.5. The maximum absolute atomic E-state index is 13.3. The Hall–Kier alpha value is -4.14. The molecular formula is C27H35N8O9S2+. The van der Waals surface area contributed by atoms with Crippen molar-refractivity contribution in [1.82, 2.24) is 20.7 Å². The van der Waals surface area contributed by atoms with Crippen molar-refractivity contribution in [2.75, 3.05) is 43.8 Å². The van der Waals surface area contributed by atoms with Crippen molar-refractivity contribution in [3.63, 3.8) is 0 Å². The Kier molecular flexibility index (Phi) is 9.61. The van der Waals surface area contributed by atoms with E-state index < -0.39 is 46.6 Å². The summed E-state index contributed by atoms with van der Waals surface area (Å²) in [5.41, 5.74) is 4.37. The SMILES string of the molecule is C[n+]1ccc2cc(OC[C@H](O/N=C(\C(=O)N[C@@H]3CN(OS(=O)(=O)O)C3(C)C)c3csc(N)n3)C(=O)O)ccc2c1NCC1CNC1. The molecule has 19 heteroatoms. The predicted molar refractivity (Wildman–Crippen MR) is 166 cm³/mol. The van der Waals surface area contributed by atoms with Crippen LogP contribution in [-0.2, 0) is 36.2 Å². The normalized spacial score (nSPS) is 19.1. The van der Waals surface area contributed by atoms with Crippen LogP contribution >= 0.6 is 11.3 Å². The molecule has 0 aliphatic carbocycles. The fourth-order valence-corrected chi connectivity index (χ4v) is 5.83. The maximum atomic E-state index is 13.3. The number of pyridine rings is 1. The van der Waals surface area contributed by atoms with Gasteiger partial charge in [0.05, 0.1) is 36.8 Å². The smallest absolute Gasteiger partial charge is 0.413 e. The molecular weight excluding hydrogens is 644 g/mol. The number of benzene rings is 1. The molecule has 46 heavy (non-hydrogen) atoms. The van der Waals surface area contributed by atoms with Crippen molar-refractivity contribution in [2.24, 2.45) is 18.1 Å². The number of oxime groups is 1. The van der Waals surface area contributed by atoms with E-state index in [4.69, 9.17) is 19.9 Å². The van der Waals surface area contributed by atoms with Gasteiger partial charge in [0, 0.05) is 30.9 Å². The number of carboxylic acids is 1. The average Bonchev–Trinajstić information content (AvgIpc) is 3.39. The third-order valence-electron chi connectivity index (χ3n) is 7.79. The lowest BCUT2D eigenvalue weighted by Crippen LogP contribution is -2.73. The first-order valence-corrected chi connectivity index (χ1v) is 16.4. The van der Waals surface area contributed by atoms with Gasteiger partial charge in [-0.2, -0.15) is 17.8 Å². The third kappa shape index (κ3) is 7.62. The van der Waals surface area contributed by atoms with Crippen LogP contribution in [0.15, 0.2) is 41.0 Å². The van der Waals surface area contributed by atoms with Crippen LogP contribution in [0.25, 0.3) is 10.8 Å². The lowest BCUT2D eigenvalue weighted by atomic mass is 9.85. The number of hydrogen-bond donors (Lipinski definition) is 6. The van der Waals surface area contributed by atoms with Gasteiger partial charge < -0.3 is 31.0 Å². The molecule has 2 aliphatic rings. The van der Waals surface area contributed by atoms with E-state index in [-0.39, 0.29) is 23.1 Å². The number of aromatic nitrogens is 2. The quantitative estimate of drug-likeness (QED) is 0.0566. The largest absolute Gasteiger partial charge is 0.489 e. The summed E-state index contributed by atoms with van der Waals surface area (Å²) in [6.07, 6.45) is 0.322. The summed E-state index contributed by atoms with van der Waals surface area (Å²) in [7, 11) is -2.81. The number of anilines is 2. The van der Waals surface area contributed by atoms with Gasteiger partial charge in [-0.25, -0.2) is 14.3 Å². The number of aliphatic carboxylic acids is 1. The fraction of sp³-hybridized carbons (Fsp3) is 0.444. The number of fused-ring (bicyclic) bond motifs is 1. The number of thiazole rings is 1. The van der Waals surface area contributed by atoms with Crippen LogP contribution in [0.2, 0.25) is 0 Å². The Bertz CT molecular complexity index is 1760. The molecule has 2 saturated heterocycles. The van der Waals surface area contributed by atoms with E-state index in [1.165, 1.54) is 5.38 Å². The Morgan fingerprint density at radius 3 is 2.70 bits per heavy atom. The van der Waals surface area contributed by atoms with E-state index >= 15 is 0 Å². The van der Waals surface area contributed by atoms with Crippen LogP contribution in [0.1, 0.15) is 19.5 Å². The lowest BCUT2D eigenvalue weighted by Gasteiger charge is -2.52. The van der Waals surface area contributed by atoms with Crippen LogP contribution < -0.4 is 31.0 Å². The molecule has 1 amide bonds. The summed E-state index contributed by atoms with van der Waals surface area (Å²) in [5.74, 6) is -0.251. The van der Waals surface area contributed by atoms with E-state index in [1.54, 1.807) is 26.0 Å². The molecule has 2 fully saturated rings. The second-order valence-corrected chi connectivity index (χ2v) is 13.3. The number of nitrogen functional groups attached to an aromatic ring is 1. The standard InChI is InChI=1S/C27H34N8O9S2/c1-27(2)21(12-35(27)44-46(39,40)41)32-24(36)22(19-14-45-26(28)31-19)33-43-20(25(37)38)13-42-17-4-5-18-16(8-17)6-7-34(3)23(18)30-11-15-9-29-10-15/h4-8,14-15,20-21,29H,9-13H2,1-3H3,(H5,28,31,32,36,37,38,39,40,41)/p+1/b33-22-/t20-,21+/m0/s1. The van der Waals surface area contributed by atoms with E-state index in [0.29, 0.717) is 11.7 Å². The minimum absolute atomic E-state index is 0.0360. The van der Waals surface area contributed by atoms with Crippen molar-refractivity contribution in [3.05, 3.63) is 41.5 Å². The Morgan fingerprint density at radius 1 is 1.33 bits per heavy atom. The van der Waals surface area contributed by atoms with Gasteiger partial charge in [0.2, 0.25) is 0 Å². The number of hydroxylamine groups is 2. The topological polar surface area (TPSA) is 231 Å². The molecule has 1 aromatic carbocycles. The molecule has 248 valence electrons.